The van der Waals surface area contributed by atoms with E-state index in [1.165, 1.54) is 6.92 Å². The van der Waals surface area contributed by atoms with Gasteiger partial charge in [-0.2, -0.15) is 0 Å². The average molecular weight is 539 g/mol. The molecule has 2 aliphatic heterocycles. The molecule has 0 unspecified atom stereocenters. The maximum absolute atomic E-state index is 11.5. The van der Waals surface area contributed by atoms with E-state index in [9.17, 15) is 40.9 Å². The molecule has 0 amide bonds. The third kappa shape index (κ3) is 6.31. The summed E-state index contributed by atoms with van der Waals surface area (Å²) in [7, 11) is 0. The van der Waals surface area contributed by atoms with E-state index in [4.69, 9.17) is 18.9 Å². The van der Waals surface area contributed by atoms with Crippen LogP contribution in [0, 0.1) is 11.3 Å². The fourth-order valence-corrected chi connectivity index (χ4v) is 6.02. The summed E-state index contributed by atoms with van der Waals surface area (Å²) in [6, 6.07) is 0. The van der Waals surface area contributed by atoms with Crippen LogP contribution in [0.3, 0.4) is 0 Å². The van der Waals surface area contributed by atoms with Gasteiger partial charge in [0.15, 0.2) is 12.6 Å². The zero-order valence-corrected chi connectivity index (χ0v) is 22.3. The van der Waals surface area contributed by atoms with Crippen molar-refractivity contribution < 1.29 is 59.8 Å². The van der Waals surface area contributed by atoms with Gasteiger partial charge < -0.3 is 59.8 Å². The largest absolute Gasteiger partial charge is 0.394 e. The molecule has 218 valence electrons. The van der Waals surface area contributed by atoms with E-state index in [1.807, 2.05) is 20.8 Å². The summed E-state index contributed by atoms with van der Waals surface area (Å²) in [6.45, 7) is 8.40. The van der Waals surface area contributed by atoms with Crippen LogP contribution in [0.1, 0.15) is 60.3 Å². The third-order valence-corrected chi connectivity index (χ3v) is 8.58. The molecule has 3 fully saturated rings. The van der Waals surface area contributed by atoms with Gasteiger partial charge in [-0.05, 0) is 50.9 Å². The molecule has 12 nitrogen and oxygen atoms in total. The first-order valence-electron chi connectivity index (χ1n) is 13.2. The topological polar surface area (TPSA) is 199 Å². The lowest BCUT2D eigenvalue weighted by Gasteiger charge is -2.52. The molecule has 0 bridgehead atoms. The van der Waals surface area contributed by atoms with E-state index in [-0.39, 0.29) is 5.92 Å². The Hall–Kier alpha value is -0.480. The predicted octanol–water partition coefficient (Wildman–Crippen LogP) is -1.63. The summed E-state index contributed by atoms with van der Waals surface area (Å²) in [4.78, 5) is 0. The Balaban J connectivity index is 1.71. The third-order valence-electron chi connectivity index (χ3n) is 8.58. The van der Waals surface area contributed by atoms with Crippen molar-refractivity contribution in [2.75, 3.05) is 6.61 Å². The Labute approximate surface area is 217 Å². The zero-order valence-electron chi connectivity index (χ0n) is 22.3. The van der Waals surface area contributed by atoms with Crippen molar-refractivity contribution in [2.24, 2.45) is 11.3 Å². The molecular formula is C25H46O12. The van der Waals surface area contributed by atoms with E-state index in [0.29, 0.717) is 25.7 Å². The molecule has 37 heavy (non-hydrogen) atoms. The Morgan fingerprint density at radius 3 is 2.14 bits per heavy atom. The molecule has 0 aromatic carbocycles. The highest BCUT2D eigenvalue weighted by Gasteiger charge is 2.53. The van der Waals surface area contributed by atoms with E-state index in [1.54, 1.807) is 6.92 Å². The number of rotatable bonds is 8. The van der Waals surface area contributed by atoms with Crippen molar-refractivity contribution in [2.45, 2.75) is 140 Å². The Kier molecular flexibility index (Phi) is 10.0. The second-order valence-electron chi connectivity index (χ2n) is 11.8. The predicted molar refractivity (Wildman–Crippen MR) is 128 cm³/mol. The van der Waals surface area contributed by atoms with Crippen LogP contribution >= 0.6 is 0 Å². The number of aliphatic hydroxyl groups excluding tert-OH is 7. The highest BCUT2D eigenvalue weighted by atomic mass is 16.8. The molecule has 12 heteroatoms. The van der Waals surface area contributed by atoms with Gasteiger partial charge in [0.1, 0.15) is 42.7 Å². The van der Waals surface area contributed by atoms with E-state index in [0.717, 1.165) is 0 Å². The summed E-state index contributed by atoms with van der Waals surface area (Å²) >= 11 is 0. The first-order chi connectivity index (χ1) is 17.1. The zero-order chi connectivity index (χ0) is 27.9. The van der Waals surface area contributed by atoms with Crippen LogP contribution in [-0.4, -0.2) is 127 Å². The van der Waals surface area contributed by atoms with E-state index >= 15 is 0 Å². The maximum atomic E-state index is 11.5. The van der Waals surface area contributed by atoms with Gasteiger partial charge in [-0.15, -0.1) is 0 Å². The van der Waals surface area contributed by atoms with Crippen molar-refractivity contribution in [3.8, 4) is 0 Å². The lowest BCUT2D eigenvalue weighted by Crippen LogP contribution is -2.64. The van der Waals surface area contributed by atoms with E-state index in [2.05, 4.69) is 0 Å². The molecule has 3 aliphatic rings. The lowest BCUT2D eigenvalue weighted by atomic mass is 9.58. The maximum Gasteiger partial charge on any atom is 0.187 e. The molecule has 2 saturated heterocycles. The highest BCUT2D eigenvalue weighted by molar-refractivity contribution is 5.02. The lowest BCUT2D eigenvalue weighted by molar-refractivity contribution is -0.369. The monoisotopic (exact) mass is 538 g/mol. The fraction of sp³-hybridized carbons (Fsp3) is 1.00. The smallest absolute Gasteiger partial charge is 0.187 e. The van der Waals surface area contributed by atoms with E-state index < -0.39 is 91.2 Å². The van der Waals surface area contributed by atoms with Crippen LogP contribution in [0.15, 0.2) is 0 Å². The second-order valence-corrected chi connectivity index (χ2v) is 11.8. The summed E-state index contributed by atoms with van der Waals surface area (Å²) in [5.41, 5.74) is -1.58. The van der Waals surface area contributed by atoms with Crippen molar-refractivity contribution >= 4 is 0 Å². The number of ether oxygens (including phenoxy) is 4. The van der Waals surface area contributed by atoms with Gasteiger partial charge >= 0.3 is 0 Å². The molecule has 2 heterocycles. The van der Waals surface area contributed by atoms with Gasteiger partial charge in [-0.3, -0.25) is 0 Å². The SMILES string of the molecule is C[C@@H]1O[C@@H](O[C@H]2[C@H](O[C@@H](C)CC[C@@]3(O)[C@H](C)C[C@H](O)CC3(C)C)O[C@H](CO)[C@@H](O)[C@@H]2O)[C@H](O)[C@H](O)[C@H]1O. The van der Waals surface area contributed by atoms with Crippen molar-refractivity contribution in [1.82, 2.24) is 0 Å². The van der Waals surface area contributed by atoms with Crippen LogP contribution in [0.2, 0.25) is 0 Å². The summed E-state index contributed by atoms with van der Waals surface area (Å²) in [6.07, 6.45) is -13.2. The minimum Gasteiger partial charge on any atom is -0.394 e. The normalized spacial score (nSPS) is 49.5. The molecule has 8 N–H and O–H groups in total. The van der Waals surface area contributed by atoms with Gasteiger partial charge in [-0.25, -0.2) is 0 Å². The second kappa shape index (κ2) is 11.9. The van der Waals surface area contributed by atoms with Gasteiger partial charge in [0, 0.05) is 0 Å². The molecule has 3 rings (SSSR count). The fourth-order valence-electron chi connectivity index (χ4n) is 6.02. The van der Waals surface area contributed by atoms with Crippen LogP contribution in [0.4, 0.5) is 0 Å². The van der Waals surface area contributed by atoms with Crippen LogP contribution in [0.25, 0.3) is 0 Å². The van der Waals surface area contributed by atoms with Crippen molar-refractivity contribution in [3.05, 3.63) is 0 Å². The minimum absolute atomic E-state index is 0.148. The first kappa shape index (κ1) is 31.1. The Bertz CT molecular complexity index is 738. The summed E-state index contributed by atoms with van der Waals surface area (Å²) in [5, 5.41) is 82.9. The Morgan fingerprint density at radius 1 is 0.892 bits per heavy atom. The molecule has 1 aliphatic carbocycles. The highest BCUT2D eigenvalue weighted by Crippen LogP contribution is 2.49. The van der Waals surface area contributed by atoms with Gasteiger partial charge in [0.2, 0.25) is 0 Å². The van der Waals surface area contributed by atoms with Crippen molar-refractivity contribution in [3.63, 3.8) is 0 Å². The van der Waals surface area contributed by atoms with Gasteiger partial charge in [0.05, 0.1) is 30.5 Å². The Morgan fingerprint density at radius 2 is 1.54 bits per heavy atom. The summed E-state index contributed by atoms with van der Waals surface area (Å²) in [5.74, 6) is -0.148. The van der Waals surface area contributed by atoms with Crippen LogP contribution in [-0.2, 0) is 18.9 Å². The molecule has 1 saturated carbocycles. The molecule has 14 atom stereocenters. The minimum atomic E-state index is -1.65. The molecule has 0 radical (unpaired) electrons. The number of hydrogen-bond donors (Lipinski definition) is 8. The van der Waals surface area contributed by atoms with Gasteiger partial charge in [-0.1, -0.05) is 20.8 Å². The van der Waals surface area contributed by atoms with Crippen molar-refractivity contribution in [1.29, 1.82) is 0 Å². The quantitative estimate of drug-likeness (QED) is 0.176. The molecular weight excluding hydrogens is 492 g/mol. The molecule has 0 spiro atoms. The molecule has 0 aromatic heterocycles. The molecule has 0 aromatic rings. The van der Waals surface area contributed by atoms with Gasteiger partial charge in [0.25, 0.3) is 0 Å². The average Bonchev–Trinajstić information content (AvgIpc) is 2.82. The standard InChI is InChI=1S/C25H46O12/c1-11-8-14(27)9-24(4,5)25(11,33)7-6-12(2)34-23-21(19(31)17(29)15(10-26)36-23)37-22-20(32)18(30)16(28)13(3)35-22/h11-23,26-33H,6-10H2,1-5H3/t11-,12+,13+,14+,15-,16+,17-,18-,19+,20-,21-,22+,23-,25-/m1/s1. The first-order valence-corrected chi connectivity index (χ1v) is 13.2. The number of hydrogen-bond acceptors (Lipinski definition) is 12. The number of aliphatic hydroxyl groups is 8. The van der Waals surface area contributed by atoms with Crippen LogP contribution in [0.5, 0.6) is 0 Å². The van der Waals surface area contributed by atoms with Crippen LogP contribution < -0.4 is 0 Å². The summed E-state index contributed by atoms with van der Waals surface area (Å²) < 4.78 is 22.9.